The minimum absolute atomic E-state index is 0.158. The molecular formula is C16H23NO2. The lowest BCUT2D eigenvalue weighted by molar-refractivity contribution is 0.0632. The molecule has 1 aliphatic rings. The fourth-order valence-corrected chi connectivity index (χ4v) is 2.35. The van der Waals surface area contributed by atoms with Gasteiger partial charge in [0.25, 0.3) is 5.91 Å². The van der Waals surface area contributed by atoms with E-state index >= 15 is 0 Å². The third-order valence-corrected chi connectivity index (χ3v) is 3.69. The summed E-state index contributed by atoms with van der Waals surface area (Å²) in [6.07, 6.45) is 3.16. The summed E-state index contributed by atoms with van der Waals surface area (Å²) in [5.41, 5.74) is 1.98. The highest BCUT2D eigenvalue weighted by Crippen LogP contribution is 2.31. The van der Waals surface area contributed by atoms with Crippen LogP contribution in [0.4, 0.5) is 0 Å². The van der Waals surface area contributed by atoms with Crippen molar-refractivity contribution in [2.75, 3.05) is 13.7 Å². The Balaban J connectivity index is 2.10. The summed E-state index contributed by atoms with van der Waals surface area (Å²) >= 11 is 0. The summed E-state index contributed by atoms with van der Waals surface area (Å²) in [7, 11) is 1.70. The summed E-state index contributed by atoms with van der Waals surface area (Å²) in [6, 6.07) is 8.52. The number of carbonyl (C=O) groups excluding carboxylic acids is 1. The van der Waals surface area contributed by atoms with E-state index in [2.05, 4.69) is 6.92 Å². The van der Waals surface area contributed by atoms with Crippen molar-refractivity contribution in [1.82, 2.24) is 4.90 Å². The molecule has 0 heterocycles. The molecule has 104 valence electrons. The van der Waals surface area contributed by atoms with E-state index in [4.69, 9.17) is 4.74 Å². The summed E-state index contributed by atoms with van der Waals surface area (Å²) in [6.45, 7) is 4.85. The van der Waals surface area contributed by atoms with E-state index in [0.717, 1.165) is 24.8 Å². The molecule has 1 saturated carbocycles. The van der Waals surface area contributed by atoms with Gasteiger partial charge in [0.1, 0.15) is 0 Å². The van der Waals surface area contributed by atoms with Gasteiger partial charge in [0, 0.05) is 31.4 Å². The second-order valence-corrected chi connectivity index (χ2v) is 5.44. The van der Waals surface area contributed by atoms with Crippen molar-refractivity contribution in [3.63, 3.8) is 0 Å². The first-order valence-electron chi connectivity index (χ1n) is 7.01. The summed E-state index contributed by atoms with van der Waals surface area (Å²) in [5.74, 6) is 0.158. The van der Waals surface area contributed by atoms with Crippen LogP contribution >= 0.6 is 0 Å². The highest BCUT2D eigenvalue weighted by atomic mass is 16.5. The highest BCUT2D eigenvalue weighted by molar-refractivity contribution is 5.94. The molecule has 1 aliphatic carbocycles. The molecular weight excluding hydrogens is 238 g/mol. The van der Waals surface area contributed by atoms with Gasteiger partial charge >= 0.3 is 0 Å². The van der Waals surface area contributed by atoms with Crippen LogP contribution in [0.5, 0.6) is 0 Å². The quantitative estimate of drug-likeness (QED) is 0.787. The van der Waals surface area contributed by atoms with Crippen molar-refractivity contribution in [2.45, 2.75) is 45.2 Å². The standard InChI is InChI=1S/C16H23NO2/c1-12-4-6-14(7-5-12)16(18)17(15-8-9-15)13(2)10-11-19-3/h4-7,13,15H,8-11H2,1-3H3. The molecule has 0 N–H and O–H groups in total. The number of benzene rings is 1. The topological polar surface area (TPSA) is 29.5 Å². The lowest BCUT2D eigenvalue weighted by atomic mass is 10.1. The highest BCUT2D eigenvalue weighted by Gasteiger charge is 2.35. The molecule has 1 unspecified atom stereocenters. The van der Waals surface area contributed by atoms with Crippen LogP contribution in [-0.2, 0) is 4.74 Å². The first kappa shape index (κ1) is 14.1. The monoisotopic (exact) mass is 261 g/mol. The van der Waals surface area contributed by atoms with Gasteiger partial charge in [-0.1, -0.05) is 17.7 Å². The molecule has 19 heavy (non-hydrogen) atoms. The number of hydrogen-bond donors (Lipinski definition) is 0. The number of carbonyl (C=O) groups is 1. The molecule has 1 amide bonds. The molecule has 2 rings (SSSR count). The Bertz CT molecular complexity index is 423. The van der Waals surface area contributed by atoms with E-state index < -0.39 is 0 Å². The van der Waals surface area contributed by atoms with Crippen LogP contribution in [-0.4, -0.2) is 36.6 Å². The van der Waals surface area contributed by atoms with Crippen molar-refractivity contribution in [1.29, 1.82) is 0 Å². The fourth-order valence-electron chi connectivity index (χ4n) is 2.35. The zero-order chi connectivity index (χ0) is 13.8. The number of hydrogen-bond acceptors (Lipinski definition) is 2. The number of rotatable bonds is 6. The Labute approximate surface area is 115 Å². The lowest BCUT2D eigenvalue weighted by Gasteiger charge is -2.29. The zero-order valence-electron chi connectivity index (χ0n) is 12.1. The molecule has 0 spiro atoms. The molecule has 1 atom stereocenters. The molecule has 0 saturated heterocycles. The maximum absolute atomic E-state index is 12.6. The van der Waals surface area contributed by atoms with E-state index in [1.165, 1.54) is 5.56 Å². The molecule has 0 bridgehead atoms. The molecule has 3 nitrogen and oxygen atoms in total. The van der Waals surface area contributed by atoms with Gasteiger partial charge in [-0.2, -0.15) is 0 Å². The molecule has 1 aromatic rings. The van der Waals surface area contributed by atoms with Crippen LogP contribution < -0.4 is 0 Å². The Morgan fingerprint density at radius 1 is 1.37 bits per heavy atom. The number of ether oxygens (including phenoxy) is 1. The van der Waals surface area contributed by atoms with Gasteiger partial charge in [0.05, 0.1) is 0 Å². The van der Waals surface area contributed by atoms with Gasteiger partial charge in [0.15, 0.2) is 0 Å². The minimum Gasteiger partial charge on any atom is -0.385 e. The summed E-state index contributed by atoms with van der Waals surface area (Å²) in [5, 5.41) is 0. The van der Waals surface area contributed by atoms with Crippen LogP contribution in [0.1, 0.15) is 42.1 Å². The van der Waals surface area contributed by atoms with Gasteiger partial charge in [0.2, 0.25) is 0 Å². The predicted octanol–water partition coefficient (Wildman–Crippen LogP) is 3.02. The maximum atomic E-state index is 12.6. The smallest absolute Gasteiger partial charge is 0.254 e. The average molecular weight is 261 g/mol. The lowest BCUT2D eigenvalue weighted by Crippen LogP contribution is -2.41. The largest absolute Gasteiger partial charge is 0.385 e. The Morgan fingerprint density at radius 2 is 2.00 bits per heavy atom. The first-order valence-corrected chi connectivity index (χ1v) is 7.01. The number of nitrogens with zero attached hydrogens (tertiary/aromatic N) is 1. The van der Waals surface area contributed by atoms with E-state index in [0.29, 0.717) is 12.6 Å². The van der Waals surface area contributed by atoms with E-state index in [-0.39, 0.29) is 11.9 Å². The van der Waals surface area contributed by atoms with Crippen LogP contribution in [0.2, 0.25) is 0 Å². The van der Waals surface area contributed by atoms with E-state index in [9.17, 15) is 4.79 Å². The van der Waals surface area contributed by atoms with Crippen molar-refractivity contribution in [2.24, 2.45) is 0 Å². The van der Waals surface area contributed by atoms with Crippen LogP contribution in [0.3, 0.4) is 0 Å². The van der Waals surface area contributed by atoms with Gasteiger partial charge in [-0.25, -0.2) is 0 Å². The minimum atomic E-state index is 0.158. The van der Waals surface area contributed by atoms with Crippen molar-refractivity contribution in [3.05, 3.63) is 35.4 Å². The number of amides is 1. The Kier molecular flexibility index (Phi) is 4.59. The Hall–Kier alpha value is -1.35. The van der Waals surface area contributed by atoms with E-state index in [1.54, 1.807) is 7.11 Å². The van der Waals surface area contributed by atoms with E-state index in [1.807, 2.05) is 36.1 Å². The SMILES string of the molecule is COCCC(C)N(C(=O)c1ccc(C)cc1)C1CC1. The molecule has 0 aromatic heterocycles. The van der Waals surface area contributed by atoms with Crippen molar-refractivity contribution in [3.8, 4) is 0 Å². The normalized spacial score (nSPS) is 16.2. The third-order valence-electron chi connectivity index (χ3n) is 3.69. The molecule has 1 fully saturated rings. The molecule has 0 aliphatic heterocycles. The van der Waals surface area contributed by atoms with Gasteiger partial charge in [-0.3, -0.25) is 4.79 Å². The molecule has 0 radical (unpaired) electrons. The number of methoxy groups -OCH3 is 1. The van der Waals surface area contributed by atoms with Crippen LogP contribution in [0, 0.1) is 6.92 Å². The fraction of sp³-hybridized carbons (Fsp3) is 0.562. The maximum Gasteiger partial charge on any atom is 0.254 e. The first-order chi connectivity index (χ1) is 9.13. The van der Waals surface area contributed by atoms with Gasteiger partial charge < -0.3 is 9.64 Å². The van der Waals surface area contributed by atoms with Crippen molar-refractivity contribution >= 4 is 5.91 Å². The Morgan fingerprint density at radius 3 is 2.53 bits per heavy atom. The van der Waals surface area contributed by atoms with Crippen LogP contribution in [0.25, 0.3) is 0 Å². The zero-order valence-corrected chi connectivity index (χ0v) is 12.1. The third kappa shape index (κ3) is 3.57. The molecule has 3 heteroatoms. The van der Waals surface area contributed by atoms with Crippen molar-refractivity contribution < 1.29 is 9.53 Å². The van der Waals surface area contributed by atoms with Crippen LogP contribution in [0.15, 0.2) is 24.3 Å². The second kappa shape index (κ2) is 6.20. The van der Waals surface area contributed by atoms with Gasteiger partial charge in [-0.15, -0.1) is 0 Å². The number of aryl methyl sites for hydroxylation is 1. The molecule has 1 aromatic carbocycles. The predicted molar refractivity (Wildman–Crippen MR) is 76.3 cm³/mol. The summed E-state index contributed by atoms with van der Waals surface area (Å²) < 4.78 is 5.13. The average Bonchev–Trinajstić information content (AvgIpc) is 3.22. The van der Waals surface area contributed by atoms with Gasteiger partial charge in [-0.05, 0) is 45.2 Å². The summed E-state index contributed by atoms with van der Waals surface area (Å²) in [4.78, 5) is 14.7. The second-order valence-electron chi connectivity index (χ2n) is 5.44.